The fourth-order valence-corrected chi connectivity index (χ4v) is 3.00. The zero-order chi connectivity index (χ0) is 10.7. The molecule has 0 aliphatic rings. The minimum atomic E-state index is -0.384. The van der Waals surface area contributed by atoms with Crippen molar-refractivity contribution in [1.82, 2.24) is 0 Å². The standard InChI is InChI=1S/C12H12OS2/c1-9(13)10-4-6-11(7-5-10)15-12-3-2-8-14-12/h2-9,13H,1H3/t9-/m0/s1. The zero-order valence-electron chi connectivity index (χ0n) is 8.38. The second-order valence-electron chi connectivity index (χ2n) is 3.28. The molecular weight excluding hydrogens is 224 g/mol. The molecule has 0 saturated carbocycles. The first-order valence-corrected chi connectivity index (χ1v) is 6.45. The van der Waals surface area contributed by atoms with Crippen LogP contribution < -0.4 is 0 Å². The third-order valence-electron chi connectivity index (χ3n) is 2.08. The summed E-state index contributed by atoms with van der Waals surface area (Å²) in [6.45, 7) is 1.78. The van der Waals surface area contributed by atoms with Gasteiger partial charge in [0.15, 0.2) is 0 Å². The number of aliphatic hydroxyl groups is 1. The van der Waals surface area contributed by atoms with Crippen molar-refractivity contribution in [3.05, 3.63) is 47.3 Å². The van der Waals surface area contributed by atoms with Gasteiger partial charge in [0.25, 0.3) is 0 Å². The Labute approximate surface area is 97.8 Å². The van der Waals surface area contributed by atoms with Crippen LogP contribution in [-0.2, 0) is 0 Å². The average molecular weight is 236 g/mol. The Morgan fingerprint density at radius 2 is 1.93 bits per heavy atom. The van der Waals surface area contributed by atoms with E-state index in [2.05, 4.69) is 17.5 Å². The normalized spacial score (nSPS) is 12.7. The Morgan fingerprint density at radius 3 is 2.47 bits per heavy atom. The highest BCUT2D eigenvalue weighted by Crippen LogP contribution is 2.31. The van der Waals surface area contributed by atoms with Crippen LogP contribution in [0.4, 0.5) is 0 Å². The van der Waals surface area contributed by atoms with Crippen molar-refractivity contribution in [3.8, 4) is 0 Å². The van der Waals surface area contributed by atoms with E-state index in [-0.39, 0.29) is 6.10 Å². The lowest BCUT2D eigenvalue weighted by Crippen LogP contribution is -1.89. The highest BCUT2D eigenvalue weighted by Gasteiger charge is 2.01. The van der Waals surface area contributed by atoms with E-state index in [0.717, 1.165) is 5.56 Å². The molecular formula is C12H12OS2. The van der Waals surface area contributed by atoms with Crippen LogP contribution in [0.15, 0.2) is 50.9 Å². The number of rotatable bonds is 3. The van der Waals surface area contributed by atoms with Gasteiger partial charge in [0, 0.05) is 4.90 Å². The third-order valence-corrected chi connectivity index (χ3v) is 4.12. The minimum Gasteiger partial charge on any atom is -0.389 e. The number of hydrogen-bond donors (Lipinski definition) is 1. The number of aliphatic hydroxyl groups excluding tert-OH is 1. The fraction of sp³-hybridized carbons (Fsp3) is 0.167. The summed E-state index contributed by atoms with van der Waals surface area (Å²) in [5.41, 5.74) is 0.963. The van der Waals surface area contributed by atoms with E-state index in [1.807, 2.05) is 24.3 Å². The molecule has 2 aromatic rings. The number of hydrogen-bond acceptors (Lipinski definition) is 3. The first-order chi connectivity index (χ1) is 7.25. The summed E-state index contributed by atoms with van der Waals surface area (Å²) in [6, 6.07) is 12.2. The first-order valence-electron chi connectivity index (χ1n) is 4.75. The van der Waals surface area contributed by atoms with Gasteiger partial charge in [-0.05, 0) is 36.1 Å². The van der Waals surface area contributed by atoms with E-state index >= 15 is 0 Å². The van der Waals surface area contributed by atoms with Crippen molar-refractivity contribution in [3.63, 3.8) is 0 Å². The minimum absolute atomic E-state index is 0.384. The maximum atomic E-state index is 9.37. The topological polar surface area (TPSA) is 20.2 Å². The van der Waals surface area contributed by atoms with Crippen LogP contribution in [0.5, 0.6) is 0 Å². The molecule has 0 amide bonds. The molecule has 1 aromatic heterocycles. The summed E-state index contributed by atoms with van der Waals surface area (Å²) in [6.07, 6.45) is -0.384. The van der Waals surface area contributed by atoms with E-state index in [1.54, 1.807) is 30.0 Å². The van der Waals surface area contributed by atoms with E-state index in [0.29, 0.717) is 0 Å². The zero-order valence-corrected chi connectivity index (χ0v) is 10.0. The molecule has 0 spiro atoms. The first kappa shape index (κ1) is 10.7. The molecule has 2 rings (SSSR count). The summed E-state index contributed by atoms with van der Waals surface area (Å²) in [5.74, 6) is 0. The number of thiophene rings is 1. The Kier molecular flexibility index (Phi) is 3.46. The Bertz CT molecular complexity index is 404. The lowest BCUT2D eigenvalue weighted by molar-refractivity contribution is 0.199. The van der Waals surface area contributed by atoms with E-state index < -0.39 is 0 Å². The Morgan fingerprint density at radius 1 is 1.20 bits per heavy atom. The summed E-state index contributed by atoms with van der Waals surface area (Å²) < 4.78 is 1.29. The molecule has 0 radical (unpaired) electrons. The van der Waals surface area contributed by atoms with Crippen LogP contribution in [0, 0.1) is 0 Å². The maximum Gasteiger partial charge on any atom is 0.0761 e. The second-order valence-corrected chi connectivity index (χ2v) is 5.60. The van der Waals surface area contributed by atoms with Crippen molar-refractivity contribution >= 4 is 23.1 Å². The highest BCUT2D eigenvalue weighted by atomic mass is 32.2. The van der Waals surface area contributed by atoms with Gasteiger partial charge < -0.3 is 5.11 Å². The van der Waals surface area contributed by atoms with Gasteiger partial charge in [-0.25, -0.2) is 0 Å². The van der Waals surface area contributed by atoms with Crippen molar-refractivity contribution in [2.45, 2.75) is 22.1 Å². The molecule has 3 heteroatoms. The van der Waals surface area contributed by atoms with Gasteiger partial charge in [0.2, 0.25) is 0 Å². The van der Waals surface area contributed by atoms with Crippen molar-refractivity contribution in [2.24, 2.45) is 0 Å². The van der Waals surface area contributed by atoms with Crippen molar-refractivity contribution in [2.75, 3.05) is 0 Å². The summed E-state index contributed by atoms with van der Waals surface area (Å²) in [4.78, 5) is 1.21. The summed E-state index contributed by atoms with van der Waals surface area (Å²) >= 11 is 3.49. The molecule has 0 aliphatic carbocycles. The molecule has 0 saturated heterocycles. The van der Waals surface area contributed by atoms with Gasteiger partial charge in [0.05, 0.1) is 10.3 Å². The molecule has 0 fully saturated rings. The van der Waals surface area contributed by atoms with E-state index in [9.17, 15) is 5.11 Å². The van der Waals surface area contributed by atoms with Gasteiger partial charge in [0.1, 0.15) is 0 Å². The van der Waals surface area contributed by atoms with Gasteiger partial charge in [-0.2, -0.15) is 0 Å². The van der Waals surface area contributed by atoms with Crippen molar-refractivity contribution in [1.29, 1.82) is 0 Å². The lowest BCUT2D eigenvalue weighted by Gasteiger charge is -2.05. The molecule has 0 unspecified atom stereocenters. The van der Waals surface area contributed by atoms with Crippen LogP contribution in [0.1, 0.15) is 18.6 Å². The average Bonchev–Trinajstić information content (AvgIpc) is 2.71. The van der Waals surface area contributed by atoms with Crippen LogP contribution >= 0.6 is 23.1 Å². The lowest BCUT2D eigenvalue weighted by atomic mass is 10.1. The SMILES string of the molecule is C[C@H](O)c1ccc(Sc2cccs2)cc1. The third kappa shape index (κ3) is 2.84. The molecule has 1 nitrogen and oxygen atoms in total. The van der Waals surface area contributed by atoms with E-state index in [1.165, 1.54) is 9.10 Å². The Balaban J connectivity index is 2.11. The second kappa shape index (κ2) is 4.84. The van der Waals surface area contributed by atoms with Crippen molar-refractivity contribution < 1.29 is 5.11 Å². The van der Waals surface area contributed by atoms with Gasteiger partial charge in [-0.1, -0.05) is 30.0 Å². The van der Waals surface area contributed by atoms with Crippen LogP contribution in [-0.4, -0.2) is 5.11 Å². The largest absolute Gasteiger partial charge is 0.389 e. The fourth-order valence-electron chi connectivity index (χ4n) is 1.25. The molecule has 1 aromatic carbocycles. The summed E-state index contributed by atoms with van der Waals surface area (Å²) in [7, 11) is 0. The summed E-state index contributed by atoms with van der Waals surface area (Å²) in [5, 5.41) is 11.4. The predicted octanol–water partition coefficient (Wildman–Crippen LogP) is 3.95. The molecule has 1 atom stereocenters. The van der Waals surface area contributed by atoms with Gasteiger partial charge >= 0.3 is 0 Å². The van der Waals surface area contributed by atoms with Gasteiger partial charge in [-0.3, -0.25) is 0 Å². The molecule has 15 heavy (non-hydrogen) atoms. The molecule has 78 valence electrons. The van der Waals surface area contributed by atoms with Crippen LogP contribution in [0.3, 0.4) is 0 Å². The monoisotopic (exact) mass is 236 g/mol. The maximum absolute atomic E-state index is 9.37. The quantitative estimate of drug-likeness (QED) is 0.870. The number of benzene rings is 1. The molecule has 1 heterocycles. The predicted molar refractivity (Wildman–Crippen MR) is 65.5 cm³/mol. The molecule has 1 N–H and O–H groups in total. The molecule has 0 aliphatic heterocycles. The highest BCUT2D eigenvalue weighted by molar-refractivity contribution is 8.01. The van der Waals surface area contributed by atoms with Gasteiger partial charge in [-0.15, -0.1) is 11.3 Å². The van der Waals surface area contributed by atoms with E-state index in [4.69, 9.17) is 0 Å². The smallest absolute Gasteiger partial charge is 0.0761 e. The Hall–Kier alpha value is -0.770. The van der Waals surface area contributed by atoms with Crippen LogP contribution in [0.2, 0.25) is 0 Å². The van der Waals surface area contributed by atoms with Crippen LogP contribution in [0.25, 0.3) is 0 Å². The molecule has 0 bridgehead atoms.